The third kappa shape index (κ3) is 2.22. The maximum atomic E-state index is 12.9. The number of aliphatic hydroxyl groups excluding tert-OH is 1. The molecule has 0 aromatic heterocycles. The van der Waals surface area contributed by atoms with E-state index in [0.29, 0.717) is 0 Å². The van der Waals surface area contributed by atoms with Crippen LogP contribution in [0.15, 0.2) is 23.2 Å². The summed E-state index contributed by atoms with van der Waals surface area (Å²) in [5.74, 6) is -4.49. The van der Waals surface area contributed by atoms with E-state index in [1.807, 2.05) is 0 Å². The van der Waals surface area contributed by atoms with E-state index in [4.69, 9.17) is 4.74 Å². The fourth-order valence-electron chi connectivity index (χ4n) is 3.32. The standard InChI is InChI=1S/C18H16O7.Cu/c1-6-14(22)12(8(3)20)16-13(15(6)23)18(4)10(25-16)5-9(21)11(7(2)19)17(18)24;/h5,21-23H,1-4H3;/q;+2/p-2. The molecule has 0 bridgehead atoms. The number of benzene rings is 1. The normalized spacial score (nSPS) is 20.6. The maximum Gasteiger partial charge on any atom is 2.00 e. The van der Waals surface area contributed by atoms with Crippen molar-refractivity contribution in [3.05, 3.63) is 39.9 Å². The van der Waals surface area contributed by atoms with Crippen LogP contribution in [0.5, 0.6) is 17.2 Å². The van der Waals surface area contributed by atoms with Crippen molar-refractivity contribution in [1.29, 1.82) is 0 Å². The molecule has 1 aliphatic carbocycles. The Morgan fingerprint density at radius 2 is 1.73 bits per heavy atom. The fraction of sp³-hybridized carbons (Fsp3) is 0.278. The number of hydrogen-bond acceptors (Lipinski definition) is 7. The molecule has 139 valence electrons. The first-order valence-electron chi connectivity index (χ1n) is 7.48. The van der Waals surface area contributed by atoms with Gasteiger partial charge < -0.3 is 20.1 Å². The van der Waals surface area contributed by atoms with Crippen molar-refractivity contribution in [3.8, 4) is 17.2 Å². The Kier molecular flexibility index (Phi) is 4.56. The molecule has 1 unspecified atom stereocenters. The van der Waals surface area contributed by atoms with Crippen molar-refractivity contribution >= 4 is 17.3 Å². The van der Waals surface area contributed by atoms with Gasteiger partial charge >= 0.3 is 17.1 Å². The van der Waals surface area contributed by atoms with Crippen LogP contribution >= 0.6 is 0 Å². The number of aliphatic hydroxyl groups is 1. The third-order valence-corrected chi connectivity index (χ3v) is 4.70. The van der Waals surface area contributed by atoms with Crippen LogP contribution in [-0.4, -0.2) is 22.5 Å². The fourth-order valence-corrected chi connectivity index (χ4v) is 3.32. The summed E-state index contributed by atoms with van der Waals surface area (Å²) in [4.78, 5) is 36.6. The molecule has 1 heterocycles. The SMILES string of the molecule is CC(=O)C1=C(O)C=C2Oc3c(C(C)=O)c([O-])c(C)c([O-])c3C2(C)C1=O.[Cu+2]. The zero-order chi connectivity index (χ0) is 18.8. The average Bonchev–Trinajstić information content (AvgIpc) is 2.78. The number of ether oxygens (including phenoxy) is 1. The summed E-state index contributed by atoms with van der Waals surface area (Å²) in [6.45, 7) is 4.92. The topological polar surface area (TPSA) is 127 Å². The van der Waals surface area contributed by atoms with Crippen LogP contribution in [0.3, 0.4) is 0 Å². The number of carbonyl (C=O) groups is 3. The molecule has 0 saturated heterocycles. The minimum Gasteiger partial charge on any atom is -0.872 e. The quantitative estimate of drug-likeness (QED) is 0.439. The molecule has 0 fully saturated rings. The largest absolute Gasteiger partial charge is 2.00 e. The van der Waals surface area contributed by atoms with E-state index >= 15 is 0 Å². The minimum atomic E-state index is -1.68. The van der Waals surface area contributed by atoms with E-state index in [0.717, 1.165) is 19.9 Å². The summed E-state index contributed by atoms with van der Waals surface area (Å²) >= 11 is 0. The van der Waals surface area contributed by atoms with Gasteiger partial charge in [-0.15, -0.1) is 0 Å². The van der Waals surface area contributed by atoms with E-state index in [-0.39, 0.29) is 45.3 Å². The maximum absolute atomic E-state index is 12.9. The Labute approximate surface area is 159 Å². The van der Waals surface area contributed by atoms with Gasteiger partial charge in [0.2, 0.25) is 0 Å². The van der Waals surface area contributed by atoms with Gasteiger partial charge in [-0.05, 0) is 27.7 Å². The number of fused-ring (bicyclic) bond motifs is 3. The Morgan fingerprint density at radius 1 is 1.15 bits per heavy atom. The van der Waals surface area contributed by atoms with E-state index in [2.05, 4.69) is 0 Å². The predicted octanol–water partition coefficient (Wildman–Crippen LogP) is 0.860. The molecule has 1 aromatic rings. The zero-order valence-electron chi connectivity index (χ0n) is 14.3. The molecule has 0 spiro atoms. The van der Waals surface area contributed by atoms with Gasteiger partial charge in [0.15, 0.2) is 17.3 Å². The number of hydrogen-bond donors (Lipinski definition) is 1. The van der Waals surface area contributed by atoms with Gasteiger partial charge in [-0.2, -0.15) is 0 Å². The summed E-state index contributed by atoms with van der Waals surface area (Å²) in [5, 5.41) is 35.0. The van der Waals surface area contributed by atoms with Crippen molar-refractivity contribution in [2.24, 2.45) is 0 Å². The van der Waals surface area contributed by atoms with E-state index < -0.39 is 45.6 Å². The Hall–Kier alpha value is -2.57. The van der Waals surface area contributed by atoms with Crippen LogP contribution in [0.25, 0.3) is 0 Å². The van der Waals surface area contributed by atoms with Crippen LogP contribution in [-0.2, 0) is 32.1 Å². The van der Waals surface area contributed by atoms with Crippen molar-refractivity contribution < 1.29 is 51.5 Å². The molecule has 1 atom stereocenters. The van der Waals surface area contributed by atoms with Crippen molar-refractivity contribution in [1.82, 2.24) is 0 Å². The Bertz CT molecular complexity index is 955. The number of carbonyl (C=O) groups excluding carboxylic acids is 3. The summed E-state index contributed by atoms with van der Waals surface area (Å²) in [7, 11) is 0. The molecule has 2 aliphatic rings. The molecular weight excluding hydrogens is 392 g/mol. The van der Waals surface area contributed by atoms with Crippen molar-refractivity contribution in [2.75, 3.05) is 0 Å². The van der Waals surface area contributed by atoms with Gasteiger partial charge in [0.25, 0.3) is 0 Å². The zero-order valence-corrected chi connectivity index (χ0v) is 15.2. The van der Waals surface area contributed by atoms with Crippen LogP contribution in [0, 0.1) is 6.92 Å². The first-order chi connectivity index (χ1) is 11.5. The van der Waals surface area contributed by atoms with Crippen LogP contribution in [0.4, 0.5) is 0 Å². The van der Waals surface area contributed by atoms with Crippen molar-refractivity contribution in [3.63, 3.8) is 0 Å². The average molecular weight is 406 g/mol. The van der Waals surface area contributed by atoms with Crippen molar-refractivity contribution in [2.45, 2.75) is 33.1 Å². The third-order valence-electron chi connectivity index (χ3n) is 4.70. The van der Waals surface area contributed by atoms with Gasteiger partial charge in [0, 0.05) is 11.6 Å². The van der Waals surface area contributed by atoms with E-state index in [1.54, 1.807) is 0 Å². The molecule has 26 heavy (non-hydrogen) atoms. The molecule has 0 amide bonds. The number of ketones is 3. The van der Waals surface area contributed by atoms with Crippen LogP contribution in [0.1, 0.15) is 42.3 Å². The Morgan fingerprint density at radius 3 is 2.23 bits per heavy atom. The van der Waals surface area contributed by atoms with Gasteiger partial charge in [-0.1, -0.05) is 17.1 Å². The predicted molar refractivity (Wildman–Crippen MR) is 81.5 cm³/mol. The molecule has 1 N–H and O–H groups in total. The second-order valence-corrected chi connectivity index (χ2v) is 6.30. The minimum absolute atomic E-state index is 0. The number of Topliss-reactive ketones (excluding diaryl/α,β-unsaturated/α-hetero) is 3. The summed E-state index contributed by atoms with van der Waals surface area (Å²) in [6.07, 6.45) is 1.07. The summed E-state index contributed by atoms with van der Waals surface area (Å²) in [5.41, 5.74) is -2.80. The first kappa shape index (κ1) is 19.8. The van der Waals surface area contributed by atoms with Gasteiger partial charge in [-0.3, -0.25) is 14.4 Å². The molecule has 7 nitrogen and oxygen atoms in total. The second kappa shape index (κ2) is 6.00. The molecular formula is C18H14CuO7. The number of rotatable bonds is 2. The van der Waals surface area contributed by atoms with Gasteiger partial charge in [0.05, 0.1) is 5.56 Å². The second-order valence-electron chi connectivity index (χ2n) is 6.30. The Balaban J connectivity index is 0.00000243. The van der Waals surface area contributed by atoms with Crippen LogP contribution in [0.2, 0.25) is 0 Å². The van der Waals surface area contributed by atoms with Gasteiger partial charge in [0.1, 0.15) is 28.3 Å². The van der Waals surface area contributed by atoms with E-state index in [1.165, 1.54) is 13.8 Å². The molecule has 1 aromatic carbocycles. The molecule has 0 saturated carbocycles. The molecule has 8 heteroatoms. The molecule has 3 rings (SSSR count). The smallest absolute Gasteiger partial charge is 0.872 e. The molecule has 1 aliphatic heterocycles. The molecule has 1 radical (unpaired) electrons. The summed E-state index contributed by atoms with van der Waals surface area (Å²) < 4.78 is 5.51. The van der Waals surface area contributed by atoms with E-state index in [9.17, 15) is 29.7 Å². The van der Waals surface area contributed by atoms with Crippen LogP contribution < -0.4 is 14.9 Å². The number of allylic oxidation sites excluding steroid dienone is 3. The monoisotopic (exact) mass is 405 g/mol. The summed E-state index contributed by atoms with van der Waals surface area (Å²) in [6, 6.07) is 0. The van der Waals surface area contributed by atoms with Gasteiger partial charge in [-0.25, -0.2) is 0 Å². The first-order valence-corrected chi connectivity index (χ1v) is 7.48.